The summed E-state index contributed by atoms with van der Waals surface area (Å²) in [7, 11) is 0. The van der Waals surface area contributed by atoms with Crippen molar-refractivity contribution >= 4 is 11.9 Å². The van der Waals surface area contributed by atoms with E-state index in [4.69, 9.17) is 9.47 Å². The first-order chi connectivity index (χ1) is 13.1. The Hall–Kier alpha value is -2.90. The summed E-state index contributed by atoms with van der Waals surface area (Å²) in [6, 6.07) is 7.68. The molecule has 1 atom stereocenters. The maximum Gasteiger partial charge on any atom is 0.310 e. The number of hydrogen-bond donors (Lipinski definition) is 1. The van der Waals surface area contributed by atoms with Gasteiger partial charge in [-0.15, -0.1) is 0 Å². The van der Waals surface area contributed by atoms with Crippen LogP contribution >= 0.6 is 0 Å². The average Bonchev–Trinajstić information content (AvgIpc) is 3.16. The van der Waals surface area contributed by atoms with Crippen LogP contribution in [0.25, 0.3) is 0 Å². The second-order valence-electron chi connectivity index (χ2n) is 6.34. The first-order valence-electron chi connectivity index (χ1n) is 8.96. The Labute approximate surface area is 156 Å². The number of benzene rings is 1. The lowest BCUT2D eigenvalue weighted by Gasteiger charge is -2.31. The van der Waals surface area contributed by atoms with Crippen LogP contribution in [0.2, 0.25) is 0 Å². The normalized spacial score (nSPS) is 16.8. The largest absolute Gasteiger partial charge is 0.484 e. The highest BCUT2D eigenvalue weighted by Crippen LogP contribution is 2.20. The standard InChI is InChI=1S/C19H22FN3O4/c1-2-26-19(25)13-6-5-9-23(11-13)18(24)16-10-14(21-22-16)12-27-17-8-4-3-7-15(17)20/h3-4,7-8,10,13H,2,5-6,9,11-12H2,1H3,(H,21,22)/t13-/m1/s1. The molecular formula is C19H22FN3O4. The number of hydrogen-bond acceptors (Lipinski definition) is 5. The zero-order chi connectivity index (χ0) is 19.2. The van der Waals surface area contributed by atoms with Crippen LogP contribution in [0.4, 0.5) is 4.39 Å². The Bertz CT molecular complexity index is 808. The van der Waals surface area contributed by atoms with Crippen LogP contribution in [0.3, 0.4) is 0 Å². The van der Waals surface area contributed by atoms with E-state index in [0.717, 1.165) is 6.42 Å². The van der Waals surface area contributed by atoms with Crippen LogP contribution in [0.15, 0.2) is 30.3 Å². The second-order valence-corrected chi connectivity index (χ2v) is 6.34. The van der Waals surface area contributed by atoms with Gasteiger partial charge in [0.1, 0.15) is 6.61 Å². The zero-order valence-corrected chi connectivity index (χ0v) is 15.1. The highest BCUT2D eigenvalue weighted by molar-refractivity contribution is 5.92. The van der Waals surface area contributed by atoms with Gasteiger partial charge < -0.3 is 14.4 Å². The number of halogens is 1. The van der Waals surface area contributed by atoms with E-state index in [-0.39, 0.29) is 35.8 Å². The molecule has 0 unspecified atom stereocenters. The van der Waals surface area contributed by atoms with Gasteiger partial charge in [-0.05, 0) is 38.0 Å². The third-order valence-electron chi connectivity index (χ3n) is 4.40. The molecule has 7 nitrogen and oxygen atoms in total. The molecular weight excluding hydrogens is 353 g/mol. The molecule has 1 amide bonds. The van der Waals surface area contributed by atoms with E-state index in [1.54, 1.807) is 30.0 Å². The van der Waals surface area contributed by atoms with Gasteiger partial charge in [-0.3, -0.25) is 14.7 Å². The molecule has 1 aromatic carbocycles. The number of carbonyl (C=O) groups excluding carboxylic acids is 2. The molecule has 0 aliphatic carbocycles. The van der Waals surface area contributed by atoms with Gasteiger partial charge >= 0.3 is 5.97 Å². The summed E-state index contributed by atoms with van der Waals surface area (Å²) in [6.45, 7) is 3.05. The summed E-state index contributed by atoms with van der Waals surface area (Å²) >= 11 is 0. The van der Waals surface area contributed by atoms with Crippen LogP contribution in [-0.4, -0.2) is 46.7 Å². The van der Waals surface area contributed by atoms with Gasteiger partial charge in [0.2, 0.25) is 0 Å². The molecule has 8 heteroatoms. The Morgan fingerprint density at radius 2 is 2.19 bits per heavy atom. The third kappa shape index (κ3) is 4.64. The first-order valence-corrected chi connectivity index (χ1v) is 8.96. The molecule has 1 fully saturated rings. The van der Waals surface area contributed by atoms with Gasteiger partial charge in [0.25, 0.3) is 5.91 Å². The van der Waals surface area contributed by atoms with Crippen LogP contribution in [0.1, 0.15) is 35.9 Å². The van der Waals surface area contributed by atoms with Crippen molar-refractivity contribution in [2.75, 3.05) is 19.7 Å². The summed E-state index contributed by atoms with van der Waals surface area (Å²) in [5.74, 6) is -1.14. The number of piperidine rings is 1. The lowest BCUT2D eigenvalue weighted by atomic mass is 9.98. The molecule has 27 heavy (non-hydrogen) atoms. The van der Waals surface area contributed by atoms with Gasteiger partial charge in [-0.1, -0.05) is 12.1 Å². The second kappa shape index (κ2) is 8.66. The number of esters is 1. The number of aromatic nitrogens is 2. The summed E-state index contributed by atoms with van der Waals surface area (Å²) in [4.78, 5) is 26.2. The van der Waals surface area contributed by atoms with Crippen molar-refractivity contribution in [2.45, 2.75) is 26.4 Å². The van der Waals surface area contributed by atoms with Crippen molar-refractivity contribution in [1.82, 2.24) is 15.1 Å². The van der Waals surface area contributed by atoms with Gasteiger partial charge in [-0.25, -0.2) is 4.39 Å². The van der Waals surface area contributed by atoms with Crippen molar-refractivity contribution in [2.24, 2.45) is 5.92 Å². The van der Waals surface area contributed by atoms with E-state index in [2.05, 4.69) is 10.2 Å². The molecule has 1 saturated heterocycles. The van der Waals surface area contributed by atoms with E-state index in [9.17, 15) is 14.0 Å². The van der Waals surface area contributed by atoms with E-state index in [0.29, 0.717) is 31.8 Å². The summed E-state index contributed by atoms with van der Waals surface area (Å²) < 4.78 is 24.0. The molecule has 144 valence electrons. The summed E-state index contributed by atoms with van der Waals surface area (Å²) in [5, 5.41) is 6.76. The smallest absolute Gasteiger partial charge is 0.310 e. The van der Waals surface area contributed by atoms with Gasteiger partial charge in [0, 0.05) is 13.1 Å². The SMILES string of the molecule is CCOC(=O)[C@@H]1CCCN(C(=O)c2cc(COc3ccccc3F)[nH]n2)C1. The van der Waals surface area contributed by atoms with Crippen molar-refractivity contribution in [3.8, 4) is 5.75 Å². The van der Waals surface area contributed by atoms with Crippen molar-refractivity contribution in [3.05, 3.63) is 47.5 Å². The number of para-hydroxylation sites is 1. The minimum absolute atomic E-state index is 0.0622. The number of ether oxygens (including phenoxy) is 2. The van der Waals surface area contributed by atoms with Crippen LogP contribution in [0, 0.1) is 11.7 Å². The molecule has 0 spiro atoms. The Morgan fingerprint density at radius 3 is 2.96 bits per heavy atom. The van der Waals surface area contributed by atoms with Gasteiger partial charge in [-0.2, -0.15) is 5.10 Å². The Morgan fingerprint density at radius 1 is 1.37 bits per heavy atom. The summed E-state index contributed by atoms with van der Waals surface area (Å²) in [6.07, 6.45) is 1.45. The van der Waals surface area contributed by atoms with Gasteiger partial charge in [0.05, 0.1) is 18.2 Å². The highest BCUT2D eigenvalue weighted by Gasteiger charge is 2.30. The maximum absolute atomic E-state index is 13.6. The maximum atomic E-state index is 13.6. The number of likely N-dealkylation sites (tertiary alicyclic amines) is 1. The monoisotopic (exact) mass is 375 g/mol. The first kappa shape index (κ1) is 18.9. The number of rotatable bonds is 6. The van der Waals surface area contributed by atoms with Crippen molar-refractivity contribution in [1.29, 1.82) is 0 Å². The number of H-pyrrole nitrogens is 1. The molecule has 1 N–H and O–H groups in total. The van der Waals surface area contributed by atoms with Crippen molar-refractivity contribution in [3.63, 3.8) is 0 Å². The molecule has 1 aliphatic rings. The van der Waals surface area contributed by atoms with E-state index < -0.39 is 5.82 Å². The van der Waals surface area contributed by atoms with Crippen LogP contribution < -0.4 is 4.74 Å². The Kier molecular flexibility index (Phi) is 6.05. The minimum Gasteiger partial charge on any atom is -0.484 e. The highest BCUT2D eigenvalue weighted by atomic mass is 19.1. The Balaban J connectivity index is 1.59. The van der Waals surface area contributed by atoms with Gasteiger partial charge in [0.15, 0.2) is 17.3 Å². The van der Waals surface area contributed by atoms with Crippen LogP contribution in [-0.2, 0) is 16.1 Å². The minimum atomic E-state index is -0.452. The predicted octanol–water partition coefficient (Wildman–Crippen LogP) is 2.54. The van der Waals surface area contributed by atoms with Crippen molar-refractivity contribution < 1.29 is 23.5 Å². The number of carbonyl (C=O) groups is 2. The fourth-order valence-corrected chi connectivity index (χ4v) is 3.04. The molecule has 2 heterocycles. The molecule has 1 aromatic heterocycles. The number of amides is 1. The number of nitrogens with zero attached hydrogens (tertiary/aromatic N) is 2. The number of nitrogens with one attached hydrogen (secondary N) is 1. The average molecular weight is 375 g/mol. The van der Waals surface area contributed by atoms with E-state index >= 15 is 0 Å². The molecule has 1 aliphatic heterocycles. The third-order valence-corrected chi connectivity index (χ3v) is 4.40. The molecule has 0 radical (unpaired) electrons. The van der Waals surface area contributed by atoms with Crippen LogP contribution in [0.5, 0.6) is 5.75 Å². The van der Waals surface area contributed by atoms with E-state index in [1.165, 1.54) is 12.1 Å². The number of aromatic amines is 1. The molecule has 0 saturated carbocycles. The quantitative estimate of drug-likeness (QED) is 0.785. The summed E-state index contributed by atoms with van der Waals surface area (Å²) in [5.41, 5.74) is 0.798. The zero-order valence-electron chi connectivity index (χ0n) is 15.1. The fraction of sp³-hybridized carbons (Fsp3) is 0.421. The lowest BCUT2D eigenvalue weighted by Crippen LogP contribution is -2.43. The molecule has 2 aromatic rings. The fourth-order valence-electron chi connectivity index (χ4n) is 3.04. The van der Waals surface area contributed by atoms with E-state index in [1.807, 2.05) is 0 Å². The molecule has 0 bridgehead atoms. The lowest BCUT2D eigenvalue weighted by molar-refractivity contribution is -0.149. The molecule has 3 rings (SSSR count). The topological polar surface area (TPSA) is 84.5 Å². The predicted molar refractivity (Wildman–Crippen MR) is 94.6 cm³/mol.